The van der Waals surface area contributed by atoms with Crippen molar-refractivity contribution in [2.45, 2.75) is 30.5 Å². The van der Waals surface area contributed by atoms with Crippen LogP contribution in [0.25, 0.3) is 0 Å². The molecule has 150 valence electrons. The second-order valence-electron chi connectivity index (χ2n) is 6.53. The van der Waals surface area contributed by atoms with Crippen molar-refractivity contribution in [2.75, 3.05) is 13.1 Å². The maximum atomic E-state index is 12.3. The predicted molar refractivity (Wildman–Crippen MR) is 88.4 cm³/mol. The van der Waals surface area contributed by atoms with Crippen LogP contribution in [-0.2, 0) is 10.3 Å². The lowest BCUT2D eigenvalue weighted by atomic mass is 9.99. The van der Waals surface area contributed by atoms with Crippen molar-refractivity contribution >= 4 is 11.9 Å². The van der Waals surface area contributed by atoms with Crippen LogP contribution in [0.2, 0.25) is 0 Å². The number of aromatic nitrogens is 2. The minimum absolute atomic E-state index is 0.218. The maximum absolute atomic E-state index is 12.3. The SMILES string of the molecule is O=C(NC1(c2ccccn2)CC1)c1cc(C2CNC2)no1.O=C(O)C(F)(F)F. The Labute approximate surface area is 157 Å². The molecule has 1 aliphatic carbocycles. The van der Waals surface area contributed by atoms with Gasteiger partial charge >= 0.3 is 12.1 Å². The second-order valence-corrected chi connectivity index (χ2v) is 6.53. The molecular weight excluding hydrogens is 381 g/mol. The molecule has 0 radical (unpaired) electrons. The Hall–Kier alpha value is -2.95. The summed E-state index contributed by atoms with van der Waals surface area (Å²) in [7, 11) is 0. The molecule has 0 aromatic carbocycles. The van der Waals surface area contributed by atoms with E-state index >= 15 is 0 Å². The van der Waals surface area contributed by atoms with Gasteiger partial charge in [0.05, 0.1) is 16.9 Å². The van der Waals surface area contributed by atoms with Crippen LogP contribution in [0.15, 0.2) is 35.0 Å². The molecule has 28 heavy (non-hydrogen) atoms. The molecule has 2 aromatic rings. The van der Waals surface area contributed by atoms with Crippen LogP contribution in [0.4, 0.5) is 13.2 Å². The molecule has 1 amide bonds. The van der Waals surface area contributed by atoms with E-state index in [4.69, 9.17) is 14.4 Å². The molecule has 1 saturated heterocycles. The second kappa shape index (κ2) is 7.58. The number of hydrogen-bond acceptors (Lipinski definition) is 6. The first-order valence-corrected chi connectivity index (χ1v) is 8.43. The topological polar surface area (TPSA) is 117 Å². The van der Waals surface area contributed by atoms with Gasteiger partial charge in [-0.25, -0.2) is 4.79 Å². The number of alkyl halides is 3. The molecule has 0 atom stereocenters. The highest BCUT2D eigenvalue weighted by Crippen LogP contribution is 2.44. The number of carbonyl (C=O) groups excluding carboxylic acids is 1. The summed E-state index contributed by atoms with van der Waals surface area (Å²) in [5, 5.41) is 17.3. The summed E-state index contributed by atoms with van der Waals surface area (Å²) < 4.78 is 36.9. The first-order valence-electron chi connectivity index (χ1n) is 8.43. The summed E-state index contributed by atoms with van der Waals surface area (Å²) in [6.45, 7) is 1.79. The number of aliphatic carboxylic acids is 1. The van der Waals surface area contributed by atoms with Gasteiger partial charge in [0.1, 0.15) is 0 Å². The Morgan fingerprint density at radius 3 is 2.43 bits per heavy atom. The van der Waals surface area contributed by atoms with Crippen molar-refractivity contribution < 1.29 is 32.4 Å². The fourth-order valence-electron chi connectivity index (χ4n) is 2.58. The average Bonchev–Trinajstić information content (AvgIpc) is 3.22. The number of pyridine rings is 1. The highest BCUT2D eigenvalue weighted by atomic mass is 19.4. The van der Waals surface area contributed by atoms with Gasteiger partial charge in [0, 0.05) is 31.3 Å². The van der Waals surface area contributed by atoms with Gasteiger partial charge in [-0.3, -0.25) is 9.78 Å². The largest absolute Gasteiger partial charge is 0.490 e. The first kappa shape index (κ1) is 19.8. The summed E-state index contributed by atoms with van der Waals surface area (Å²) in [4.78, 5) is 25.6. The van der Waals surface area contributed by atoms with E-state index in [0.29, 0.717) is 5.92 Å². The lowest BCUT2D eigenvalue weighted by Crippen LogP contribution is -2.40. The van der Waals surface area contributed by atoms with Gasteiger partial charge in [0.2, 0.25) is 5.76 Å². The molecular formula is C17H17F3N4O4. The van der Waals surface area contributed by atoms with Gasteiger partial charge in [0.15, 0.2) is 0 Å². The number of carboxylic acid groups (broad SMARTS) is 1. The fourth-order valence-corrected chi connectivity index (χ4v) is 2.58. The summed E-state index contributed by atoms with van der Waals surface area (Å²) in [5.74, 6) is -2.34. The van der Waals surface area contributed by atoms with Crippen LogP contribution in [0.1, 0.15) is 40.7 Å². The Balaban J connectivity index is 0.000000279. The number of rotatable bonds is 4. The van der Waals surface area contributed by atoms with Crippen molar-refractivity contribution in [2.24, 2.45) is 0 Å². The Kier molecular flexibility index (Phi) is 5.36. The van der Waals surface area contributed by atoms with E-state index in [0.717, 1.165) is 37.3 Å². The van der Waals surface area contributed by atoms with Crippen molar-refractivity contribution in [3.05, 3.63) is 47.6 Å². The molecule has 2 fully saturated rings. The molecule has 2 aromatic heterocycles. The Morgan fingerprint density at radius 2 is 1.96 bits per heavy atom. The van der Waals surface area contributed by atoms with E-state index in [1.54, 1.807) is 12.3 Å². The molecule has 0 unspecified atom stereocenters. The number of carbonyl (C=O) groups is 2. The normalized spacial score (nSPS) is 17.7. The van der Waals surface area contributed by atoms with Crippen LogP contribution in [0.5, 0.6) is 0 Å². The van der Waals surface area contributed by atoms with Gasteiger partial charge in [0.25, 0.3) is 5.91 Å². The lowest BCUT2D eigenvalue weighted by molar-refractivity contribution is -0.192. The van der Waals surface area contributed by atoms with E-state index in [-0.39, 0.29) is 17.2 Å². The molecule has 4 rings (SSSR count). The third-order valence-corrected chi connectivity index (χ3v) is 4.45. The number of nitrogens with zero attached hydrogens (tertiary/aromatic N) is 2. The quantitative estimate of drug-likeness (QED) is 0.719. The van der Waals surface area contributed by atoms with Crippen LogP contribution in [-0.4, -0.2) is 46.4 Å². The summed E-state index contributed by atoms with van der Waals surface area (Å²) in [6.07, 6.45) is -1.52. The highest BCUT2D eigenvalue weighted by Gasteiger charge is 2.47. The van der Waals surface area contributed by atoms with Crippen molar-refractivity contribution in [3.63, 3.8) is 0 Å². The van der Waals surface area contributed by atoms with Crippen LogP contribution in [0.3, 0.4) is 0 Å². The van der Waals surface area contributed by atoms with Crippen LogP contribution in [0, 0.1) is 0 Å². The van der Waals surface area contributed by atoms with E-state index in [2.05, 4.69) is 20.8 Å². The smallest absolute Gasteiger partial charge is 0.475 e. The molecule has 0 bridgehead atoms. The zero-order chi connectivity index (χ0) is 20.4. The first-order chi connectivity index (χ1) is 13.2. The van der Waals surface area contributed by atoms with E-state index < -0.39 is 12.1 Å². The molecule has 2 aliphatic rings. The molecule has 1 saturated carbocycles. The van der Waals surface area contributed by atoms with E-state index in [1.165, 1.54) is 0 Å². The van der Waals surface area contributed by atoms with Crippen LogP contribution >= 0.6 is 0 Å². The Morgan fingerprint density at radius 1 is 1.29 bits per heavy atom. The third-order valence-electron chi connectivity index (χ3n) is 4.45. The van der Waals surface area contributed by atoms with Crippen molar-refractivity contribution in [1.82, 2.24) is 20.8 Å². The molecule has 1 aliphatic heterocycles. The third kappa shape index (κ3) is 4.47. The van der Waals surface area contributed by atoms with Crippen molar-refractivity contribution in [1.29, 1.82) is 0 Å². The number of halogens is 3. The standard InChI is InChI=1S/C15H16N4O2.C2HF3O2/c20-14(12-7-11(19-21-12)10-8-16-9-10)18-15(4-5-15)13-3-1-2-6-17-13;3-2(4,5)1(6)7/h1-3,6-7,10,16H,4-5,8-9H2,(H,18,20);(H,6,7). The number of hydrogen-bond donors (Lipinski definition) is 3. The van der Waals surface area contributed by atoms with Gasteiger partial charge in [-0.1, -0.05) is 11.2 Å². The predicted octanol–water partition coefficient (Wildman–Crippen LogP) is 1.81. The Bertz CT molecular complexity index is 846. The van der Waals surface area contributed by atoms with Crippen LogP contribution < -0.4 is 10.6 Å². The van der Waals surface area contributed by atoms with Gasteiger partial charge in [-0.05, 0) is 25.0 Å². The zero-order valence-corrected chi connectivity index (χ0v) is 14.5. The molecule has 8 nitrogen and oxygen atoms in total. The average molecular weight is 398 g/mol. The number of amides is 1. The van der Waals surface area contributed by atoms with Crippen molar-refractivity contribution in [3.8, 4) is 0 Å². The molecule has 11 heteroatoms. The number of carboxylic acids is 1. The molecule has 0 spiro atoms. The van der Waals surface area contributed by atoms with Gasteiger partial charge in [-0.2, -0.15) is 13.2 Å². The number of nitrogens with one attached hydrogen (secondary N) is 2. The minimum atomic E-state index is -5.08. The molecule has 3 N–H and O–H groups in total. The van der Waals surface area contributed by atoms with Gasteiger partial charge < -0.3 is 20.3 Å². The minimum Gasteiger partial charge on any atom is -0.475 e. The lowest BCUT2D eigenvalue weighted by Gasteiger charge is -2.24. The molecule has 3 heterocycles. The van der Waals surface area contributed by atoms with E-state index in [9.17, 15) is 18.0 Å². The fraction of sp³-hybridized carbons (Fsp3) is 0.412. The monoisotopic (exact) mass is 398 g/mol. The van der Waals surface area contributed by atoms with Gasteiger partial charge in [-0.15, -0.1) is 0 Å². The highest BCUT2D eigenvalue weighted by molar-refractivity contribution is 5.92. The maximum Gasteiger partial charge on any atom is 0.490 e. The van der Waals surface area contributed by atoms with E-state index in [1.807, 2.05) is 18.2 Å². The summed E-state index contributed by atoms with van der Waals surface area (Å²) in [5.41, 5.74) is 1.42. The zero-order valence-electron chi connectivity index (χ0n) is 14.5. The summed E-state index contributed by atoms with van der Waals surface area (Å²) in [6, 6.07) is 7.50. The summed E-state index contributed by atoms with van der Waals surface area (Å²) >= 11 is 0.